The Morgan fingerprint density at radius 2 is 2.05 bits per heavy atom. The van der Waals surface area contributed by atoms with Crippen LogP contribution < -0.4 is 0 Å². The maximum atomic E-state index is 10.2. The molecule has 1 N–H and O–H groups in total. The fourth-order valence-corrected chi connectivity index (χ4v) is 2.75. The van der Waals surface area contributed by atoms with E-state index in [2.05, 4.69) is 4.98 Å². The number of aliphatic hydroxyl groups is 1. The van der Waals surface area contributed by atoms with Crippen LogP contribution in [0.2, 0.25) is 0 Å². The van der Waals surface area contributed by atoms with Gasteiger partial charge in [-0.2, -0.15) is 0 Å². The third kappa shape index (κ3) is 3.86. The van der Waals surface area contributed by atoms with Gasteiger partial charge in [0.25, 0.3) is 0 Å². The molecule has 102 valence electrons. The Morgan fingerprint density at radius 1 is 1.32 bits per heavy atom. The first-order valence-electron chi connectivity index (χ1n) is 6.49. The molecule has 0 spiro atoms. The molecule has 0 saturated carbocycles. The summed E-state index contributed by atoms with van der Waals surface area (Å²) < 4.78 is 5.52. The molecule has 0 aliphatic rings. The standard InChI is InChI=1S/C15H19NO2S/c1-3-18-11(2)15-16-13(10-19-15)9-14(17)12-7-5-4-6-8-12/h4-8,10-11,14,17H,3,9H2,1-2H3. The predicted molar refractivity (Wildman–Crippen MR) is 77.3 cm³/mol. The van der Waals surface area contributed by atoms with Crippen LogP contribution >= 0.6 is 11.3 Å². The monoisotopic (exact) mass is 277 g/mol. The van der Waals surface area contributed by atoms with Gasteiger partial charge in [-0.05, 0) is 19.4 Å². The molecular formula is C15H19NO2S. The lowest BCUT2D eigenvalue weighted by Gasteiger charge is -2.09. The van der Waals surface area contributed by atoms with Gasteiger partial charge in [-0.1, -0.05) is 30.3 Å². The zero-order valence-electron chi connectivity index (χ0n) is 11.2. The predicted octanol–water partition coefficient (Wildman–Crippen LogP) is 3.52. The van der Waals surface area contributed by atoms with Crippen LogP contribution in [0.3, 0.4) is 0 Å². The second kappa shape index (κ2) is 6.80. The number of benzene rings is 1. The molecule has 2 aromatic rings. The van der Waals surface area contributed by atoms with Gasteiger partial charge < -0.3 is 9.84 Å². The third-order valence-corrected chi connectivity index (χ3v) is 3.98. The molecular weight excluding hydrogens is 258 g/mol. The molecule has 2 unspecified atom stereocenters. The van der Waals surface area contributed by atoms with E-state index in [9.17, 15) is 5.11 Å². The van der Waals surface area contributed by atoms with Gasteiger partial charge in [0.1, 0.15) is 11.1 Å². The topological polar surface area (TPSA) is 42.4 Å². The molecule has 0 bridgehead atoms. The molecule has 0 fully saturated rings. The molecule has 0 saturated heterocycles. The van der Waals surface area contributed by atoms with Crippen LogP contribution in [0.15, 0.2) is 35.7 Å². The summed E-state index contributed by atoms with van der Waals surface area (Å²) in [6.07, 6.45) is 0.0653. The highest BCUT2D eigenvalue weighted by Crippen LogP contribution is 2.24. The Morgan fingerprint density at radius 3 is 2.74 bits per heavy atom. The van der Waals surface area contributed by atoms with E-state index in [1.807, 2.05) is 49.6 Å². The van der Waals surface area contributed by atoms with Crippen molar-refractivity contribution in [2.24, 2.45) is 0 Å². The average Bonchev–Trinajstić information content (AvgIpc) is 2.88. The number of ether oxygens (including phenoxy) is 1. The molecule has 1 aromatic carbocycles. The summed E-state index contributed by atoms with van der Waals surface area (Å²) in [5, 5.41) is 13.1. The van der Waals surface area contributed by atoms with Crippen molar-refractivity contribution in [2.75, 3.05) is 6.61 Å². The third-order valence-electron chi connectivity index (χ3n) is 2.92. The fraction of sp³-hybridized carbons (Fsp3) is 0.400. The molecule has 0 radical (unpaired) electrons. The van der Waals surface area contributed by atoms with E-state index in [1.54, 1.807) is 11.3 Å². The number of nitrogens with zero attached hydrogens (tertiary/aromatic N) is 1. The maximum Gasteiger partial charge on any atom is 0.121 e. The summed E-state index contributed by atoms with van der Waals surface area (Å²) in [5.41, 5.74) is 1.85. The Balaban J connectivity index is 2.00. The number of hydrogen-bond acceptors (Lipinski definition) is 4. The fourth-order valence-electron chi connectivity index (χ4n) is 1.92. The Hall–Kier alpha value is -1.23. The van der Waals surface area contributed by atoms with Crippen molar-refractivity contribution in [1.82, 2.24) is 4.98 Å². The average molecular weight is 277 g/mol. The van der Waals surface area contributed by atoms with Crippen LogP contribution in [-0.4, -0.2) is 16.7 Å². The quantitative estimate of drug-likeness (QED) is 0.878. The van der Waals surface area contributed by atoms with E-state index in [0.717, 1.165) is 16.3 Å². The van der Waals surface area contributed by atoms with Crippen molar-refractivity contribution in [1.29, 1.82) is 0 Å². The lowest BCUT2D eigenvalue weighted by Crippen LogP contribution is -2.03. The molecule has 1 heterocycles. The van der Waals surface area contributed by atoms with Crippen LogP contribution in [0.1, 0.15) is 42.3 Å². The van der Waals surface area contributed by atoms with Gasteiger partial charge in [-0.15, -0.1) is 11.3 Å². The lowest BCUT2D eigenvalue weighted by atomic mass is 10.1. The van der Waals surface area contributed by atoms with Gasteiger partial charge in [-0.3, -0.25) is 0 Å². The van der Waals surface area contributed by atoms with Crippen molar-refractivity contribution >= 4 is 11.3 Å². The van der Waals surface area contributed by atoms with Crippen LogP contribution in [0.4, 0.5) is 0 Å². The van der Waals surface area contributed by atoms with Crippen molar-refractivity contribution in [3.05, 3.63) is 52.0 Å². The molecule has 4 heteroatoms. The summed E-state index contributed by atoms with van der Waals surface area (Å²) in [4.78, 5) is 4.53. The van der Waals surface area contributed by atoms with Gasteiger partial charge in [0.2, 0.25) is 0 Å². The highest BCUT2D eigenvalue weighted by atomic mass is 32.1. The van der Waals surface area contributed by atoms with Crippen LogP contribution in [0, 0.1) is 0 Å². The van der Waals surface area contributed by atoms with E-state index < -0.39 is 6.10 Å². The van der Waals surface area contributed by atoms with Gasteiger partial charge >= 0.3 is 0 Å². The maximum absolute atomic E-state index is 10.2. The minimum atomic E-state index is -0.501. The highest BCUT2D eigenvalue weighted by Gasteiger charge is 2.14. The molecule has 0 aliphatic carbocycles. The van der Waals surface area contributed by atoms with E-state index >= 15 is 0 Å². The first kappa shape index (κ1) is 14.2. The van der Waals surface area contributed by atoms with E-state index in [0.29, 0.717) is 13.0 Å². The zero-order chi connectivity index (χ0) is 13.7. The van der Waals surface area contributed by atoms with Crippen molar-refractivity contribution in [3.8, 4) is 0 Å². The van der Waals surface area contributed by atoms with Crippen LogP contribution in [0.5, 0.6) is 0 Å². The number of thiazole rings is 1. The van der Waals surface area contributed by atoms with E-state index in [4.69, 9.17) is 4.74 Å². The zero-order valence-corrected chi connectivity index (χ0v) is 12.1. The molecule has 0 aliphatic heterocycles. The minimum Gasteiger partial charge on any atom is -0.388 e. The molecule has 0 amide bonds. The van der Waals surface area contributed by atoms with E-state index in [1.165, 1.54) is 0 Å². The largest absolute Gasteiger partial charge is 0.388 e. The minimum absolute atomic E-state index is 0.0256. The Bertz CT molecular complexity index is 498. The lowest BCUT2D eigenvalue weighted by molar-refractivity contribution is 0.0760. The van der Waals surface area contributed by atoms with E-state index in [-0.39, 0.29) is 6.10 Å². The van der Waals surface area contributed by atoms with Crippen molar-refractivity contribution in [2.45, 2.75) is 32.5 Å². The molecule has 3 nitrogen and oxygen atoms in total. The molecule has 2 rings (SSSR count). The summed E-state index contributed by atoms with van der Waals surface area (Å²) in [5.74, 6) is 0. The summed E-state index contributed by atoms with van der Waals surface area (Å²) in [6.45, 7) is 4.66. The van der Waals surface area contributed by atoms with Crippen molar-refractivity contribution < 1.29 is 9.84 Å². The van der Waals surface area contributed by atoms with Gasteiger partial charge in [0.15, 0.2) is 0 Å². The SMILES string of the molecule is CCOC(C)c1nc(CC(O)c2ccccc2)cs1. The number of aromatic nitrogens is 1. The highest BCUT2D eigenvalue weighted by molar-refractivity contribution is 7.09. The van der Waals surface area contributed by atoms with Crippen LogP contribution in [0.25, 0.3) is 0 Å². The normalized spacial score (nSPS) is 14.3. The first-order chi connectivity index (χ1) is 9.20. The van der Waals surface area contributed by atoms with Gasteiger partial charge in [-0.25, -0.2) is 4.98 Å². The Kier molecular flexibility index (Phi) is 5.07. The van der Waals surface area contributed by atoms with Crippen LogP contribution in [-0.2, 0) is 11.2 Å². The number of hydrogen-bond donors (Lipinski definition) is 1. The second-order valence-corrected chi connectivity index (χ2v) is 5.29. The number of rotatable bonds is 6. The van der Waals surface area contributed by atoms with Crippen molar-refractivity contribution in [3.63, 3.8) is 0 Å². The molecule has 19 heavy (non-hydrogen) atoms. The summed E-state index contributed by atoms with van der Waals surface area (Å²) in [6, 6.07) is 9.67. The smallest absolute Gasteiger partial charge is 0.121 e. The molecule has 2 atom stereocenters. The first-order valence-corrected chi connectivity index (χ1v) is 7.37. The van der Waals surface area contributed by atoms with Gasteiger partial charge in [0.05, 0.1) is 11.8 Å². The number of aliphatic hydroxyl groups excluding tert-OH is 1. The second-order valence-electron chi connectivity index (χ2n) is 4.41. The summed E-state index contributed by atoms with van der Waals surface area (Å²) >= 11 is 1.59. The summed E-state index contributed by atoms with van der Waals surface area (Å²) in [7, 11) is 0. The van der Waals surface area contributed by atoms with Gasteiger partial charge in [0, 0.05) is 18.4 Å². The molecule has 1 aromatic heterocycles. The Labute approximate surface area is 117 Å².